The zero-order valence-electron chi connectivity index (χ0n) is 8.60. The summed E-state index contributed by atoms with van der Waals surface area (Å²) in [5.41, 5.74) is 1.27. The van der Waals surface area contributed by atoms with Gasteiger partial charge in [-0.1, -0.05) is 12.1 Å². The number of likely N-dealkylation sites (N-methyl/N-ethyl adjacent to an activating group) is 1. The fourth-order valence-corrected chi connectivity index (χ4v) is 1.55. The number of aromatic hydroxyl groups is 1. The first-order valence-electron chi connectivity index (χ1n) is 4.67. The van der Waals surface area contributed by atoms with Crippen LogP contribution < -0.4 is 5.32 Å². The molecule has 1 saturated heterocycles. The zero-order chi connectivity index (χ0) is 11.7. The molecule has 0 atom stereocenters. The van der Waals surface area contributed by atoms with E-state index >= 15 is 0 Å². The molecule has 0 saturated carbocycles. The third kappa shape index (κ3) is 1.90. The molecule has 82 valence electrons. The zero-order valence-corrected chi connectivity index (χ0v) is 9.41. The number of nitrogens with zero attached hydrogens (tertiary/aromatic N) is 1. The molecule has 0 bridgehead atoms. The lowest BCUT2D eigenvalue weighted by molar-refractivity contribution is -0.121. The summed E-state index contributed by atoms with van der Waals surface area (Å²) in [6.07, 6.45) is 1.69. The minimum atomic E-state index is -0.155. The second-order valence-corrected chi connectivity index (χ2v) is 3.83. The summed E-state index contributed by atoms with van der Waals surface area (Å²) in [6, 6.07) is 6.57. The largest absolute Gasteiger partial charge is 0.508 e. The van der Waals surface area contributed by atoms with E-state index in [0.717, 1.165) is 5.56 Å². The van der Waals surface area contributed by atoms with E-state index in [4.69, 9.17) is 17.3 Å². The monoisotopic (exact) mass is 234 g/mol. The molecule has 0 radical (unpaired) electrons. The van der Waals surface area contributed by atoms with Crippen LogP contribution in [0.5, 0.6) is 5.75 Å². The van der Waals surface area contributed by atoms with Gasteiger partial charge in [-0.15, -0.1) is 0 Å². The molecular formula is C11H10N2O2S. The fraction of sp³-hybridized carbons (Fsp3) is 0.0909. The smallest absolute Gasteiger partial charge is 0.276 e. The molecule has 1 fully saturated rings. The first-order valence-corrected chi connectivity index (χ1v) is 5.08. The van der Waals surface area contributed by atoms with Gasteiger partial charge >= 0.3 is 0 Å². The molecular weight excluding hydrogens is 224 g/mol. The topological polar surface area (TPSA) is 52.6 Å². The van der Waals surface area contributed by atoms with Gasteiger partial charge in [0.25, 0.3) is 5.91 Å². The van der Waals surface area contributed by atoms with Crippen LogP contribution in [0.4, 0.5) is 0 Å². The molecule has 5 heteroatoms. The maximum atomic E-state index is 11.6. The molecule has 2 rings (SSSR count). The number of benzene rings is 1. The lowest BCUT2D eigenvalue weighted by atomic mass is 10.2. The lowest BCUT2D eigenvalue weighted by Gasteiger charge is -2.02. The molecule has 1 heterocycles. The Morgan fingerprint density at radius 3 is 2.50 bits per heavy atom. The Bertz CT molecular complexity index is 479. The number of nitrogens with one attached hydrogen (secondary N) is 1. The van der Waals surface area contributed by atoms with Gasteiger partial charge in [0, 0.05) is 7.05 Å². The first-order chi connectivity index (χ1) is 7.58. The Kier molecular flexibility index (Phi) is 2.62. The normalized spacial score (nSPS) is 18.1. The number of hydrogen-bond donors (Lipinski definition) is 2. The van der Waals surface area contributed by atoms with Gasteiger partial charge in [-0.2, -0.15) is 0 Å². The molecule has 1 aromatic rings. The molecule has 0 aromatic heterocycles. The van der Waals surface area contributed by atoms with Crippen molar-refractivity contribution in [3.8, 4) is 5.75 Å². The Morgan fingerprint density at radius 2 is 2.00 bits per heavy atom. The van der Waals surface area contributed by atoms with Gasteiger partial charge < -0.3 is 10.4 Å². The molecule has 1 aromatic carbocycles. The summed E-state index contributed by atoms with van der Waals surface area (Å²) in [5, 5.41) is 12.3. The van der Waals surface area contributed by atoms with E-state index in [1.54, 1.807) is 37.4 Å². The highest BCUT2D eigenvalue weighted by molar-refractivity contribution is 7.80. The predicted molar refractivity (Wildman–Crippen MR) is 64.6 cm³/mol. The third-order valence-corrected chi connectivity index (χ3v) is 2.66. The van der Waals surface area contributed by atoms with E-state index in [1.165, 1.54) is 4.90 Å². The van der Waals surface area contributed by atoms with E-state index < -0.39 is 0 Å². The second kappa shape index (κ2) is 3.94. The Balaban J connectivity index is 2.29. The summed E-state index contributed by atoms with van der Waals surface area (Å²) in [6.45, 7) is 0. The van der Waals surface area contributed by atoms with Crippen LogP contribution in [-0.2, 0) is 4.79 Å². The van der Waals surface area contributed by atoms with Crippen molar-refractivity contribution >= 4 is 29.3 Å². The average molecular weight is 234 g/mol. The van der Waals surface area contributed by atoms with Crippen molar-refractivity contribution in [2.75, 3.05) is 7.05 Å². The van der Waals surface area contributed by atoms with Crippen LogP contribution in [0.3, 0.4) is 0 Å². The Morgan fingerprint density at radius 1 is 1.38 bits per heavy atom. The SMILES string of the molecule is CN1C(=O)/C(=C\c2ccc(O)cc2)NC1=S. The van der Waals surface area contributed by atoms with Crippen LogP contribution in [0.15, 0.2) is 30.0 Å². The van der Waals surface area contributed by atoms with E-state index in [2.05, 4.69) is 5.32 Å². The molecule has 16 heavy (non-hydrogen) atoms. The summed E-state index contributed by atoms with van der Waals surface area (Å²) >= 11 is 4.95. The summed E-state index contributed by atoms with van der Waals surface area (Å²) in [5.74, 6) is 0.0403. The van der Waals surface area contributed by atoms with Gasteiger partial charge in [0.1, 0.15) is 11.4 Å². The number of carbonyl (C=O) groups excluding carboxylic acids is 1. The number of phenols is 1. The average Bonchev–Trinajstić information content (AvgIpc) is 2.50. The fourth-order valence-electron chi connectivity index (χ4n) is 1.36. The van der Waals surface area contributed by atoms with Gasteiger partial charge in [0.05, 0.1) is 0 Å². The van der Waals surface area contributed by atoms with Crippen LogP contribution in [0, 0.1) is 0 Å². The number of carbonyl (C=O) groups is 1. The highest BCUT2D eigenvalue weighted by Gasteiger charge is 2.26. The summed E-state index contributed by atoms with van der Waals surface area (Å²) < 4.78 is 0. The molecule has 0 unspecified atom stereocenters. The van der Waals surface area contributed by atoms with Crippen LogP contribution in [0.25, 0.3) is 6.08 Å². The molecule has 0 aliphatic carbocycles. The number of amides is 1. The second-order valence-electron chi connectivity index (χ2n) is 3.44. The number of rotatable bonds is 1. The van der Waals surface area contributed by atoms with Crippen molar-refractivity contribution in [2.45, 2.75) is 0 Å². The quantitative estimate of drug-likeness (QED) is 0.564. The molecule has 1 aliphatic heterocycles. The van der Waals surface area contributed by atoms with Crippen molar-refractivity contribution in [1.29, 1.82) is 0 Å². The minimum Gasteiger partial charge on any atom is -0.508 e. The van der Waals surface area contributed by atoms with Crippen molar-refractivity contribution in [3.05, 3.63) is 35.5 Å². The predicted octanol–water partition coefficient (Wildman–Crippen LogP) is 1.08. The summed E-state index contributed by atoms with van der Waals surface area (Å²) in [4.78, 5) is 13.0. The minimum absolute atomic E-state index is 0.155. The highest BCUT2D eigenvalue weighted by Crippen LogP contribution is 2.15. The number of thiocarbonyl (C=S) groups is 1. The number of phenolic OH excluding ortho intramolecular Hbond substituents is 1. The maximum absolute atomic E-state index is 11.6. The van der Waals surface area contributed by atoms with Crippen molar-refractivity contribution in [2.24, 2.45) is 0 Å². The Labute approximate surface area is 98.2 Å². The standard InChI is InChI=1S/C11H10N2O2S/c1-13-10(15)9(12-11(13)16)6-7-2-4-8(14)5-3-7/h2-6,14H,1H3,(H,12,16)/b9-6+. The molecule has 2 N–H and O–H groups in total. The van der Waals surface area contributed by atoms with Crippen molar-refractivity contribution in [3.63, 3.8) is 0 Å². The summed E-state index contributed by atoms with van der Waals surface area (Å²) in [7, 11) is 1.62. The van der Waals surface area contributed by atoms with E-state index in [1.807, 2.05) is 0 Å². The van der Waals surface area contributed by atoms with Crippen LogP contribution in [0.2, 0.25) is 0 Å². The van der Waals surface area contributed by atoms with Gasteiger partial charge in [0.15, 0.2) is 5.11 Å². The molecule has 1 aliphatic rings. The van der Waals surface area contributed by atoms with Crippen molar-refractivity contribution in [1.82, 2.24) is 10.2 Å². The Hall–Kier alpha value is -1.88. The van der Waals surface area contributed by atoms with Crippen LogP contribution >= 0.6 is 12.2 Å². The molecule has 1 amide bonds. The highest BCUT2D eigenvalue weighted by atomic mass is 32.1. The van der Waals surface area contributed by atoms with E-state index in [0.29, 0.717) is 10.8 Å². The van der Waals surface area contributed by atoms with Gasteiger partial charge in [-0.3, -0.25) is 9.69 Å². The van der Waals surface area contributed by atoms with Crippen LogP contribution in [-0.4, -0.2) is 28.1 Å². The molecule has 4 nitrogen and oxygen atoms in total. The van der Waals surface area contributed by atoms with E-state index in [-0.39, 0.29) is 11.7 Å². The van der Waals surface area contributed by atoms with Crippen LogP contribution in [0.1, 0.15) is 5.56 Å². The van der Waals surface area contributed by atoms with Gasteiger partial charge in [0.2, 0.25) is 0 Å². The van der Waals surface area contributed by atoms with Gasteiger partial charge in [-0.25, -0.2) is 0 Å². The number of hydrogen-bond acceptors (Lipinski definition) is 3. The van der Waals surface area contributed by atoms with Gasteiger partial charge in [-0.05, 0) is 36.0 Å². The lowest BCUT2D eigenvalue weighted by Crippen LogP contribution is -2.25. The third-order valence-electron chi connectivity index (χ3n) is 2.29. The van der Waals surface area contributed by atoms with Crippen molar-refractivity contribution < 1.29 is 9.90 Å². The first kappa shape index (κ1) is 10.6. The van der Waals surface area contributed by atoms with E-state index in [9.17, 15) is 4.79 Å². The molecule has 0 spiro atoms. The maximum Gasteiger partial charge on any atom is 0.276 e.